The molecule has 1 fully saturated rings. The molecule has 2 atom stereocenters. The monoisotopic (exact) mass is 157 g/mol. The van der Waals surface area contributed by atoms with Gasteiger partial charge in [0, 0.05) is 19.7 Å². The lowest BCUT2D eigenvalue weighted by atomic mass is 9.98. The molecule has 0 aromatic rings. The molecule has 1 rings (SSSR count). The fraction of sp³-hybridized carbons (Fsp3) is 1.00. The predicted molar refractivity (Wildman–Crippen MR) is 46.7 cm³/mol. The number of nitrogens with zero attached hydrogens (tertiary/aromatic N) is 1. The summed E-state index contributed by atoms with van der Waals surface area (Å²) < 4.78 is 5.34. The van der Waals surface area contributed by atoms with E-state index < -0.39 is 0 Å². The highest BCUT2D eigenvalue weighted by molar-refractivity contribution is 4.78. The van der Waals surface area contributed by atoms with Crippen LogP contribution in [0.5, 0.6) is 0 Å². The Morgan fingerprint density at radius 3 is 2.82 bits per heavy atom. The summed E-state index contributed by atoms with van der Waals surface area (Å²) in [6.45, 7) is 3.44. The van der Waals surface area contributed by atoms with Gasteiger partial charge in [0.25, 0.3) is 0 Å². The second kappa shape index (κ2) is 4.07. The Kier molecular flexibility index (Phi) is 3.34. The third-order valence-corrected chi connectivity index (χ3v) is 2.77. The molecular weight excluding hydrogens is 138 g/mol. The molecule has 0 N–H and O–H groups in total. The summed E-state index contributed by atoms with van der Waals surface area (Å²) in [6.07, 6.45) is 4.17. The van der Waals surface area contributed by atoms with Gasteiger partial charge >= 0.3 is 0 Å². The minimum atomic E-state index is 0.510. The number of likely N-dealkylation sites (tertiary alicyclic amines) is 1. The summed E-state index contributed by atoms with van der Waals surface area (Å²) in [5.74, 6) is 0. The Hall–Kier alpha value is -0.0800. The minimum absolute atomic E-state index is 0.510. The maximum absolute atomic E-state index is 5.34. The first-order chi connectivity index (χ1) is 5.27. The Morgan fingerprint density at radius 2 is 2.27 bits per heavy atom. The summed E-state index contributed by atoms with van der Waals surface area (Å²) >= 11 is 0. The topological polar surface area (TPSA) is 12.5 Å². The van der Waals surface area contributed by atoms with Crippen LogP contribution in [0.25, 0.3) is 0 Å². The highest BCUT2D eigenvalue weighted by Crippen LogP contribution is 2.19. The van der Waals surface area contributed by atoms with Crippen molar-refractivity contribution in [1.29, 1.82) is 0 Å². The number of hydrogen-bond donors (Lipinski definition) is 0. The van der Waals surface area contributed by atoms with Crippen molar-refractivity contribution in [3.8, 4) is 0 Å². The molecule has 66 valence electrons. The molecule has 0 aromatic heterocycles. The molecule has 0 unspecified atom stereocenters. The second-order valence-corrected chi connectivity index (χ2v) is 3.42. The Morgan fingerprint density at radius 1 is 1.55 bits per heavy atom. The first-order valence-electron chi connectivity index (χ1n) is 4.51. The van der Waals surface area contributed by atoms with E-state index in [1.807, 2.05) is 7.11 Å². The van der Waals surface area contributed by atoms with Crippen LogP contribution in [0, 0.1) is 0 Å². The summed E-state index contributed by atoms with van der Waals surface area (Å²) in [6, 6.07) is 0.744. The van der Waals surface area contributed by atoms with Crippen LogP contribution in [0.15, 0.2) is 0 Å². The van der Waals surface area contributed by atoms with Gasteiger partial charge in [0.2, 0.25) is 0 Å². The Bertz CT molecular complexity index is 116. The van der Waals surface area contributed by atoms with Gasteiger partial charge < -0.3 is 9.64 Å². The number of hydrogen-bond acceptors (Lipinski definition) is 2. The van der Waals surface area contributed by atoms with E-state index in [2.05, 4.69) is 18.9 Å². The zero-order valence-corrected chi connectivity index (χ0v) is 7.84. The van der Waals surface area contributed by atoms with E-state index >= 15 is 0 Å². The van der Waals surface area contributed by atoms with Crippen molar-refractivity contribution >= 4 is 0 Å². The molecule has 0 saturated carbocycles. The summed E-state index contributed by atoms with van der Waals surface area (Å²) in [5.41, 5.74) is 0. The molecule has 1 heterocycles. The van der Waals surface area contributed by atoms with Gasteiger partial charge in [0.05, 0.1) is 6.10 Å². The van der Waals surface area contributed by atoms with E-state index in [0.717, 1.165) is 6.04 Å². The minimum Gasteiger partial charge on any atom is -0.381 e. The van der Waals surface area contributed by atoms with E-state index in [-0.39, 0.29) is 0 Å². The van der Waals surface area contributed by atoms with Crippen molar-refractivity contribution in [3.05, 3.63) is 0 Å². The van der Waals surface area contributed by atoms with Crippen LogP contribution in [-0.4, -0.2) is 37.7 Å². The first kappa shape index (κ1) is 9.01. The van der Waals surface area contributed by atoms with Gasteiger partial charge in [0.15, 0.2) is 0 Å². The highest BCUT2D eigenvalue weighted by atomic mass is 16.5. The van der Waals surface area contributed by atoms with Crippen LogP contribution < -0.4 is 0 Å². The fourth-order valence-electron chi connectivity index (χ4n) is 1.82. The van der Waals surface area contributed by atoms with Crippen LogP contribution >= 0.6 is 0 Å². The quantitative estimate of drug-likeness (QED) is 0.602. The normalized spacial score (nSPS) is 34.1. The van der Waals surface area contributed by atoms with Gasteiger partial charge in [-0.25, -0.2) is 0 Å². The third kappa shape index (κ3) is 2.17. The molecule has 0 amide bonds. The molecule has 11 heavy (non-hydrogen) atoms. The third-order valence-electron chi connectivity index (χ3n) is 2.77. The van der Waals surface area contributed by atoms with Crippen molar-refractivity contribution in [2.75, 3.05) is 20.7 Å². The standard InChI is InChI=1S/C9H19NO/c1-4-8-7-9(11-3)5-6-10(8)2/h8-9H,4-7H2,1-3H3/t8-,9-/m0/s1. The number of piperidine rings is 1. The Balaban J connectivity index is 2.37. The summed E-state index contributed by atoms with van der Waals surface area (Å²) in [5, 5.41) is 0. The van der Waals surface area contributed by atoms with Gasteiger partial charge in [-0.05, 0) is 26.3 Å². The zero-order chi connectivity index (χ0) is 8.27. The van der Waals surface area contributed by atoms with E-state index in [9.17, 15) is 0 Å². The van der Waals surface area contributed by atoms with Gasteiger partial charge in [-0.1, -0.05) is 6.92 Å². The molecule has 0 aliphatic carbocycles. The maximum atomic E-state index is 5.34. The van der Waals surface area contributed by atoms with E-state index in [4.69, 9.17) is 4.74 Å². The number of ether oxygens (including phenoxy) is 1. The number of methoxy groups -OCH3 is 1. The van der Waals surface area contributed by atoms with Crippen molar-refractivity contribution in [2.24, 2.45) is 0 Å². The molecular formula is C9H19NO. The van der Waals surface area contributed by atoms with E-state index in [0.29, 0.717) is 6.10 Å². The van der Waals surface area contributed by atoms with E-state index in [1.165, 1.54) is 25.8 Å². The predicted octanol–water partition coefficient (Wildman–Crippen LogP) is 1.51. The maximum Gasteiger partial charge on any atom is 0.0598 e. The molecule has 2 nitrogen and oxygen atoms in total. The highest BCUT2D eigenvalue weighted by Gasteiger charge is 2.23. The van der Waals surface area contributed by atoms with E-state index in [1.54, 1.807) is 0 Å². The molecule has 0 spiro atoms. The first-order valence-corrected chi connectivity index (χ1v) is 4.51. The van der Waals surface area contributed by atoms with Crippen LogP contribution in [0.1, 0.15) is 26.2 Å². The average molecular weight is 157 g/mol. The van der Waals surface area contributed by atoms with Crippen LogP contribution in [0.4, 0.5) is 0 Å². The molecule has 1 aliphatic heterocycles. The van der Waals surface area contributed by atoms with Gasteiger partial charge in [0.1, 0.15) is 0 Å². The van der Waals surface area contributed by atoms with Crippen molar-refractivity contribution in [2.45, 2.75) is 38.3 Å². The van der Waals surface area contributed by atoms with Gasteiger partial charge in [-0.3, -0.25) is 0 Å². The van der Waals surface area contributed by atoms with Crippen molar-refractivity contribution in [3.63, 3.8) is 0 Å². The van der Waals surface area contributed by atoms with Gasteiger partial charge in [-0.2, -0.15) is 0 Å². The fourth-order valence-corrected chi connectivity index (χ4v) is 1.82. The average Bonchev–Trinajstić information content (AvgIpc) is 2.05. The SMILES string of the molecule is CC[C@H]1C[C@@H](OC)CCN1C. The smallest absolute Gasteiger partial charge is 0.0598 e. The Labute approximate surface area is 69.5 Å². The lowest BCUT2D eigenvalue weighted by Crippen LogP contribution is -2.41. The lowest BCUT2D eigenvalue weighted by molar-refractivity contribution is 0.0198. The lowest BCUT2D eigenvalue weighted by Gasteiger charge is -2.35. The van der Waals surface area contributed by atoms with Crippen molar-refractivity contribution < 1.29 is 4.74 Å². The van der Waals surface area contributed by atoms with Gasteiger partial charge in [-0.15, -0.1) is 0 Å². The largest absolute Gasteiger partial charge is 0.381 e. The summed E-state index contributed by atoms with van der Waals surface area (Å²) in [4.78, 5) is 2.44. The van der Waals surface area contributed by atoms with Crippen LogP contribution in [0.2, 0.25) is 0 Å². The van der Waals surface area contributed by atoms with Crippen LogP contribution in [-0.2, 0) is 4.74 Å². The molecule has 1 saturated heterocycles. The molecule has 0 aromatic carbocycles. The van der Waals surface area contributed by atoms with Crippen LogP contribution in [0.3, 0.4) is 0 Å². The molecule has 1 aliphatic rings. The summed E-state index contributed by atoms with van der Waals surface area (Å²) in [7, 11) is 4.03. The zero-order valence-electron chi connectivity index (χ0n) is 7.84. The van der Waals surface area contributed by atoms with Crippen molar-refractivity contribution in [1.82, 2.24) is 4.90 Å². The molecule has 2 heteroatoms. The number of rotatable bonds is 2. The second-order valence-electron chi connectivity index (χ2n) is 3.42. The molecule has 0 radical (unpaired) electrons. The molecule has 0 bridgehead atoms.